The van der Waals surface area contributed by atoms with Crippen LogP contribution in [0.15, 0.2) is 34.7 Å². The predicted molar refractivity (Wildman–Crippen MR) is 60.0 cm³/mol. The third-order valence-corrected chi connectivity index (χ3v) is 2.21. The molecule has 0 radical (unpaired) electrons. The summed E-state index contributed by atoms with van der Waals surface area (Å²) in [5, 5.41) is 0.771. The second-order valence-electron chi connectivity index (χ2n) is 3.05. The molecular formula is C10H8O7S. The first kappa shape index (κ1) is 12.6. The van der Waals surface area contributed by atoms with Crippen LogP contribution in [0.3, 0.4) is 0 Å². The van der Waals surface area contributed by atoms with Crippen molar-refractivity contribution < 1.29 is 31.6 Å². The molecule has 1 unspecified atom stereocenters. The Hall–Kier alpha value is -1.90. The molecule has 0 amide bonds. The summed E-state index contributed by atoms with van der Waals surface area (Å²) in [5.74, 6) is -0.0358. The number of hydrogen-bond donors (Lipinski definition) is 1. The molecule has 18 heavy (non-hydrogen) atoms. The van der Waals surface area contributed by atoms with Gasteiger partial charge in [-0.25, -0.2) is 8.98 Å². The van der Waals surface area contributed by atoms with Crippen molar-refractivity contribution in [1.29, 1.82) is 0 Å². The first-order valence-electron chi connectivity index (χ1n) is 4.72. The van der Waals surface area contributed by atoms with Crippen LogP contribution >= 0.6 is 0 Å². The highest BCUT2D eigenvalue weighted by Crippen LogP contribution is 2.24. The smallest absolute Gasteiger partial charge is 0.425 e. The Bertz CT molecular complexity index is 543. The summed E-state index contributed by atoms with van der Waals surface area (Å²) in [6, 6.07) is 8.60. The van der Waals surface area contributed by atoms with Crippen molar-refractivity contribution in [3.8, 4) is 5.95 Å². The average Bonchev–Trinajstić information content (AvgIpc) is 2.70. The molecule has 1 atom stereocenters. The van der Waals surface area contributed by atoms with Crippen molar-refractivity contribution in [1.82, 2.24) is 0 Å². The Morgan fingerprint density at radius 3 is 2.89 bits per heavy atom. The van der Waals surface area contributed by atoms with Gasteiger partial charge >= 0.3 is 17.5 Å². The zero-order chi connectivity index (χ0) is 13.0. The summed E-state index contributed by atoms with van der Waals surface area (Å²) >= 11 is -2.50. The maximum atomic E-state index is 11.1. The van der Waals surface area contributed by atoms with Gasteiger partial charge in [-0.3, -0.25) is 4.55 Å². The first-order chi connectivity index (χ1) is 8.65. The van der Waals surface area contributed by atoms with Gasteiger partial charge in [-0.1, -0.05) is 18.2 Å². The molecule has 0 saturated carbocycles. The molecule has 7 nitrogen and oxygen atoms in total. The van der Waals surface area contributed by atoms with Crippen molar-refractivity contribution in [2.24, 2.45) is 0 Å². The topological polar surface area (TPSA) is 95.2 Å². The van der Waals surface area contributed by atoms with E-state index >= 15 is 0 Å². The van der Waals surface area contributed by atoms with E-state index in [0.29, 0.717) is 5.58 Å². The lowest BCUT2D eigenvalue weighted by Gasteiger charge is -2.01. The fraction of sp³-hybridized carbons (Fsp3) is 0.100. The number of furan rings is 1. The van der Waals surface area contributed by atoms with Gasteiger partial charge in [0.05, 0.1) is 0 Å². The molecule has 1 heterocycles. The van der Waals surface area contributed by atoms with Gasteiger partial charge in [-0.05, 0) is 6.07 Å². The SMILES string of the molecule is O=C(OCOS(=O)O)Oc1cc2ccccc2o1. The Kier molecular flexibility index (Phi) is 3.92. The number of carbonyl (C=O) groups excluding carboxylic acids is 1. The van der Waals surface area contributed by atoms with E-state index in [1.165, 1.54) is 6.07 Å². The van der Waals surface area contributed by atoms with Crippen LogP contribution in [0.2, 0.25) is 0 Å². The minimum absolute atomic E-state index is 0.0358. The Balaban J connectivity index is 1.92. The van der Waals surface area contributed by atoms with E-state index in [1.807, 2.05) is 6.07 Å². The Morgan fingerprint density at radius 2 is 2.17 bits per heavy atom. The van der Waals surface area contributed by atoms with Crippen molar-refractivity contribution >= 4 is 28.5 Å². The monoisotopic (exact) mass is 272 g/mol. The zero-order valence-electron chi connectivity index (χ0n) is 8.90. The summed E-state index contributed by atoms with van der Waals surface area (Å²) < 4.78 is 36.7. The third kappa shape index (κ3) is 3.29. The number of rotatable bonds is 4. The quantitative estimate of drug-likeness (QED) is 0.517. The lowest BCUT2D eigenvalue weighted by molar-refractivity contribution is 0.0295. The fourth-order valence-corrected chi connectivity index (χ4v) is 1.36. The lowest BCUT2D eigenvalue weighted by atomic mass is 10.3. The summed E-state index contributed by atoms with van der Waals surface area (Å²) in [4.78, 5) is 11.1. The fourth-order valence-electron chi connectivity index (χ4n) is 1.23. The van der Waals surface area contributed by atoms with Crippen LogP contribution in [0.1, 0.15) is 0 Å². The highest BCUT2D eigenvalue weighted by molar-refractivity contribution is 7.74. The van der Waals surface area contributed by atoms with Crippen LogP contribution in [0.5, 0.6) is 5.95 Å². The summed E-state index contributed by atoms with van der Waals surface area (Å²) in [6.45, 7) is -0.692. The number of hydrogen-bond acceptors (Lipinski definition) is 6. The molecule has 1 aromatic heterocycles. The van der Waals surface area contributed by atoms with Crippen LogP contribution in [-0.4, -0.2) is 21.7 Å². The molecule has 2 aromatic rings. The number of ether oxygens (including phenoxy) is 2. The van der Waals surface area contributed by atoms with Gasteiger partial charge in [0, 0.05) is 11.5 Å². The largest absolute Gasteiger partial charge is 0.518 e. The molecule has 96 valence electrons. The molecule has 0 aliphatic carbocycles. The normalized spacial score (nSPS) is 12.3. The highest BCUT2D eigenvalue weighted by Gasteiger charge is 2.11. The highest BCUT2D eigenvalue weighted by atomic mass is 32.2. The summed E-state index contributed by atoms with van der Waals surface area (Å²) in [7, 11) is 0. The van der Waals surface area contributed by atoms with Crippen LogP contribution < -0.4 is 4.74 Å². The second kappa shape index (κ2) is 5.63. The molecule has 2 rings (SSSR count). The standard InChI is InChI=1S/C10H8O7S/c11-10(14-6-15-18(12)13)17-9-5-7-3-1-2-4-8(7)16-9/h1-5H,6H2,(H,12,13). The van der Waals surface area contributed by atoms with Gasteiger partial charge in [0.2, 0.25) is 6.79 Å². The Labute approximate surface area is 104 Å². The van der Waals surface area contributed by atoms with Crippen molar-refractivity contribution in [3.63, 3.8) is 0 Å². The predicted octanol–water partition coefficient (Wildman–Crippen LogP) is 2.06. The van der Waals surface area contributed by atoms with E-state index in [-0.39, 0.29) is 5.95 Å². The van der Waals surface area contributed by atoms with E-state index in [0.717, 1.165) is 5.39 Å². The second-order valence-corrected chi connectivity index (χ2v) is 3.72. The van der Waals surface area contributed by atoms with E-state index < -0.39 is 24.3 Å². The average molecular weight is 272 g/mol. The molecular weight excluding hydrogens is 264 g/mol. The molecule has 0 aliphatic rings. The van der Waals surface area contributed by atoms with Gasteiger partial charge in [0.25, 0.3) is 5.95 Å². The van der Waals surface area contributed by atoms with Gasteiger partial charge in [-0.15, -0.1) is 0 Å². The van der Waals surface area contributed by atoms with Gasteiger partial charge < -0.3 is 13.9 Å². The maximum absolute atomic E-state index is 11.1. The van der Waals surface area contributed by atoms with E-state index in [1.54, 1.807) is 18.2 Å². The summed E-state index contributed by atoms with van der Waals surface area (Å²) in [5.41, 5.74) is 0.563. The maximum Gasteiger partial charge on any atom is 0.518 e. The van der Waals surface area contributed by atoms with Crippen molar-refractivity contribution in [2.45, 2.75) is 0 Å². The molecule has 0 fully saturated rings. The molecule has 8 heteroatoms. The lowest BCUT2D eigenvalue weighted by Crippen LogP contribution is -2.13. The van der Waals surface area contributed by atoms with Crippen LogP contribution in [0, 0.1) is 0 Å². The number of para-hydroxylation sites is 1. The number of carbonyl (C=O) groups is 1. The zero-order valence-corrected chi connectivity index (χ0v) is 9.72. The molecule has 0 spiro atoms. The van der Waals surface area contributed by atoms with Gasteiger partial charge in [-0.2, -0.15) is 4.21 Å². The van der Waals surface area contributed by atoms with E-state index in [9.17, 15) is 9.00 Å². The molecule has 0 bridgehead atoms. The van der Waals surface area contributed by atoms with Crippen molar-refractivity contribution in [3.05, 3.63) is 30.3 Å². The first-order valence-corrected chi connectivity index (χ1v) is 5.75. The van der Waals surface area contributed by atoms with E-state index in [4.69, 9.17) is 13.7 Å². The van der Waals surface area contributed by atoms with E-state index in [2.05, 4.69) is 8.92 Å². The van der Waals surface area contributed by atoms with Gasteiger partial charge in [0.15, 0.2) is 0 Å². The van der Waals surface area contributed by atoms with Crippen LogP contribution in [0.25, 0.3) is 11.0 Å². The third-order valence-electron chi connectivity index (χ3n) is 1.91. The number of benzene rings is 1. The molecule has 0 aliphatic heterocycles. The molecule has 1 aromatic carbocycles. The van der Waals surface area contributed by atoms with Crippen molar-refractivity contribution in [2.75, 3.05) is 6.79 Å². The molecule has 0 saturated heterocycles. The van der Waals surface area contributed by atoms with Crippen LogP contribution in [0.4, 0.5) is 4.79 Å². The number of fused-ring (bicyclic) bond motifs is 1. The summed E-state index contributed by atoms with van der Waals surface area (Å²) in [6.07, 6.45) is -1.10. The van der Waals surface area contributed by atoms with Crippen LogP contribution in [-0.2, 0) is 20.3 Å². The van der Waals surface area contributed by atoms with Gasteiger partial charge in [0.1, 0.15) is 5.58 Å². The minimum atomic E-state index is -2.50. The Morgan fingerprint density at radius 1 is 1.39 bits per heavy atom. The minimum Gasteiger partial charge on any atom is -0.425 e. The molecule has 1 N–H and O–H groups in total.